The van der Waals surface area contributed by atoms with Crippen LogP contribution >= 0.6 is 0 Å². The van der Waals surface area contributed by atoms with Gasteiger partial charge in [0.05, 0.1) is 0 Å². The van der Waals surface area contributed by atoms with Gasteiger partial charge in [0.2, 0.25) is 5.91 Å². The number of amides is 1. The molecule has 0 fully saturated rings. The van der Waals surface area contributed by atoms with Gasteiger partial charge in [-0.25, -0.2) is 0 Å². The molecule has 0 saturated heterocycles. The Morgan fingerprint density at radius 1 is 1.54 bits per heavy atom. The SMILES string of the molecule is CCC(CN)C(=O)N[C@@H](C)C(=O)O. The van der Waals surface area contributed by atoms with Crippen molar-refractivity contribution in [1.29, 1.82) is 0 Å². The molecular formula is C8H16N2O3. The molecule has 0 aliphatic carbocycles. The van der Waals surface area contributed by atoms with Crippen molar-refractivity contribution in [2.45, 2.75) is 26.3 Å². The summed E-state index contributed by atoms with van der Waals surface area (Å²) in [6.07, 6.45) is 0.620. The van der Waals surface area contributed by atoms with Crippen LogP contribution in [0.3, 0.4) is 0 Å². The van der Waals surface area contributed by atoms with Crippen molar-refractivity contribution in [3.05, 3.63) is 0 Å². The summed E-state index contributed by atoms with van der Waals surface area (Å²) in [6.45, 7) is 3.50. The number of nitrogens with one attached hydrogen (secondary N) is 1. The second-order valence-electron chi connectivity index (χ2n) is 2.91. The minimum absolute atomic E-state index is 0.245. The van der Waals surface area contributed by atoms with E-state index >= 15 is 0 Å². The number of hydrogen-bond donors (Lipinski definition) is 3. The monoisotopic (exact) mass is 188 g/mol. The van der Waals surface area contributed by atoms with E-state index in [-0.39, 0.29) is 18.4 Å². The number of carbonyl (C=O) groups is 2. The number of hydrogen-bond acceptors (Lipinski definition) is 3. The largest absolute Gasteiger partial charge is 0.480 e. The van der Waals surface area contributed by atoms with Crippen molar-refractivity contribution in [1.82, 2.24) is 5.32 Å². The number of carbonyl (C=O) groups excluding carboxylic acids is 1. The topological polar surface area (TPSA) is 92.4 Å². The van der Waals surface area contributed by atoms with Crippen LogP contribution in [0.4, 0.5) is 0 Å². The Morgan fingerprint density at radius 2 is 2.08 bits per heavy atom. The average molecular weight is 188 g/mol. The second-order valence-corrected chi connectivity index (χ2v) is 2.91. The van der Waals surface area contributed by atoms with Gasteiger partial charge in [0.1, 0.15) is 6.04 Å². The van der Waals surface area contributed by atoms with Gasteiger partial charge in [-0.2, -0.15) is 0 Å². The summed E-state index contributed by atoms with van der Waals surface area (Å²) in [4.78, 5) is 21.7. The van der Waals surface area contributed by atoms with Gasteiger partial charge in [0.25, 0.3) is 0 Å². The molecule has 13 heavy (non-hydrogen) atoms. The summed E-state index contributed by atoms with van der Waals surface area (Å²) in [5, 5.41) is 10.9. The van der Waals surface area contributed by atoms with Crippen molar-refractivity contribution in [2.24, 2.45) is 11.7 Å². The summed E-state index contributed by atoms with van der Waals surface area (Å²) < 4.78 is 0. The molecule has 0 aliphatic rings. The van der Waals surface area contributed by atoms with Gasteiger partial charge in [-0.3, -0.25) is 9.59 Å². The van der Waals surface area contributed by atoms with Gasteiger partial charge in [-0.15, -0.1) is 0 Å². The lowest BCUT2D eigenvalue weighted by molar-refractivity contribution is -0.141. The highest BCUT2D eigenvalue weighted by Crippen LogP contribution is 2.00. The third-order valence-corrected chi connectivity index (χ3v) is 1.88. The molecule has 76 valence electrons. The number of carboxylic acids is 1. The maximum absolute atomic E-state index is 11.3. The maximum atomic E-state index is 11.3. The Bertz CT molecular complexity index is 190. The Hall–Kier alpha value is -1.10. The number of carboxylic acid groups (broad SMARTS) is 1. The van der Waals surface area contributed by atoms with Crippen molar-refractivity contribution in [3.63, 3.8) is 0 Å². The molecule has 0 aromatic heterocycles. The van der Waals surface area contributed by atoms with Crippen LogP contribution in [0, 0.1) is 5.92 Å². The van der Waals surface area contributed by atoms with Crippen LogP contribution in [0.2, 0.25) is 0 Å². The molecule has 0 rings (SSSR count). The van der Waals surface area contributed by atoms with E-state index in [1.807, 2.05) is 6.92 Å². The lowest BCUT2D eigenvalue weighted by Gasteiger charge is -2.14. The van der Waals surface area contributed by atoms with Crippen LogP contribution in [0.1, 0.15) is 20.3 Å². The zero-order valence-corrected chi connectivity index (χ0v) is 7.91. The molecule has 0 bridgehead atoms. The number of rotatable bonds is 5. The Balaban J connectivity index is 4.05. The highest BCUT2D eigenvalue weighted by atomic mass is 16.4. The van der Waals surface area contributed by atoms with Crippen LogP contribution in [-0.4, -0.2) is 29.6 Å². The third kappa shape index (κ3) is 3.89. The normalized spacial score (nSPS) is 14.7. The molecule has 0 aromatic rings. The van der Waals surface area contributed by atoms with Gasteiger partial charge >= 0.3 is 5.97 Å². The molecule has 0 radical (unpaired) electrons. The third-order valence-electron chi connectivity index (χ3n) is 1.88. The van der Waals surface area contributed by atoms with Gasteiger partial charge in [0.15, 0.2) is 0 Å². The first-order chi connectivity index (χ1) is 6.02. The van der Waals surface area contributed by atoms with Gasteiger partial charge < -0.3 is 16.2 Å². The fourth-order valence-corrected chi connectivity index (χ4v) is 0.852. The molecule has 0 saturated carbocycles. The first kappa shape index (κ1) is 11.9. The number of nitrogens with two attached hydrogens (primary N) is 1. The van der Waals surface area contributed by atoms with E-state index in [1.54, 1.807) is 0 Å². The first-order valence-corrected chi connectivity index (χ1v) is 4.26. The van der Waals surface area contributed by atoms with Crippen molar-refractivity contribution in [3.8, 4) is 0 Å². The summed E-state index contributed by atoms with van der Waals surface area (Å²) in [6, 6.07) is -0.854. The quantitative estimate of drug-likeness (QED) is 0.545. The molecule has 2 atom stereocenters. The van der Waals surface area contributed by atoms with Gasteiger partial charge in [-0.1, -0.05) is 6.92 Å². The van der Waals surface area contributed by atoms with Crippen LogP contribution in [0.25, 0.3) is 0 Å². The Morgan fingerprint density at radius 3 is 2.38 bits per heavy atom. The Labute approximate surface area is 77.3 Å². The van der Waals surface area contributed by atoms with Crippen molar-refractivity contribution in [2.75, 3.05) is 6.54 Å². The van der Waals surface area contributed by atoms with Crippen molar-refractivity contribution < 1.29 is 14.7 Å². The number of aliphatic carboxylic acids is 1. The lowest BCUT2D eigenvalue weighted by atomic mass is 10.1. The molecule has 1 unspecified atom stereocenters. The maximum Gasteiger partial charge on any atom is 0.325 e. The molecule has 0 heterocycles. The van der Waals surface area contributed by atoms with E-state index in [0.717, 1.165) is 0 Å². The van der Waals surface area contributed by atoms with Crippen LogP contribution in [0.5, 0.6) is 0 Å². The first-order valence-electron chi connectivity index (χ1n) is 4.26. The standard InChI is InChI=1S/C8H16N2O3/c1-3-6(4-9)7(11)10-5(2)8(12)13/h5-6H,3-4,9H2,1-2H3,(H,10,11)(H,12,13)/t5-,6?/m0/s1. The zero-order valence-electron chi connectivity index (χ0n) is 7.91. The zero-order chi connectivity index (χ0) is 10.4. The van der Waals surface area contributed by atoms with Gasteiger partial charge in [-0.05, 0) is 13.3 Å². The summed E-state index contributed by atoms with van der Waals surface area (Å²) in [5.41, 5.74) is 5.33. The van der Waals surface area contributed by atoms with E-state index in [2.05, 4.69) is 5.32 Å². The predicted octanol–water partition coefficient (Wildman–Crippen LogP) is -0.439. The molecule has 0 spiro atoms. The van der Waals surface area contributed by atoms with Crippen LogP contribution < -0.4 is 11.1 Å². The molecule has 5 nitrogen and oxygen atoms in total. The molecule has 1 amide bonds. The molecule has 4 N–H and O–H groups in total. The summed E-state index contributed by atoms with van der Waals surface area (Å²) in [5.74, 6) is -1.62. The van der Waals surface area contributed by atoms with E-state index in [1.165, 1.54) is 6.92 Å². The second kappa shape index (κ2) is 5.53. The molecule has 5 heteroatoms. The minimum atomic E-state index is -1.04. The average Bonchev–Trinajstić information content (AvgIpc) is 2.06. The van der Waals surface area contributed by atoms with Crippen LogP contribution in [-0.2, 0) is 9.59 Å². The molecule has 0 aromatic carbocycles. The fraction of sp³-hybridized carbons (Fsp3) is 0.750. The smallest absolute Gasteiger partial charge is 0.325 e. The summed E-state index contributed by atoms with van der Waals surface area (Å²) >= 11 is 0. The lowest BCUT2D eigenvalue weighted by Crippen LogP contribution is -2.43. The fourth-order valence-electron chi connectivity index (χ4n) is 0.852. The van der Waals surface area contributed by atoms with Crippen LogP contribution in [0.15, 0.2) is 0 Å². The predicted molar refractivity (Wildman–Crippen MR) is 48.1 cm³/mol. The van der Waals surface area contributed by atoms with E-state index in [9.17, 15) is 9.59 Å². The van der Waals surface area contributed by atoms with Crippen molar-refractivity contribution >= 4 is 11.9 Å². The van der Waals surface area contributed by atoms with E-state index in [0.29, 0.717) is 6.42 Å². The van der Waals surface area contributed by atoms with Gasteiger partial charge in [0, 0.05) is 12.5 Å². The summed E-state index contributed by atoms with van der Waals surface area (Å²) in [7, 11) is 0. The minimum Gasteiger partial charge on any atom is -0.480 e. The Kier molecular flexibility index (Phi) is 5.06. The highest BCUT2D eigenvalue weighted by molar-refractivity contribution is 5.84. The van der Waals surface area contributed by atoms with E-state index in [4.69, 9.17) is 10.8 Å². The van der Waals surface area contributed by atoms with E-state index < -0.39 is 12.0 Å². The highest BCUT2D eigenvalue weighted by Gasteiger charge is 2.19. The molecule has 0 aliphatic heterocycles. The molecular weight excluding hydrogens is 172 g/mol.